The molecule has 0 unspecified atom stereocenters. The van der Waals surface area contributed by atoms with Crippen LogP contribution in [0.3, 0.4) is 0 Å². The molecule has 0 amide bonds. The molecule has 0 aliphatic heterocycles. The van der Waals surface area contributed by atoms with Crippen LogP contribution in [-0.2, 0) is 6.42 Å². The highest BCUT2D eigenvalue weighted by Gasteiger charge is 2.16. The van der Waals surface area contributed by atoms with Crippen molar-refractivity contribution in [1.29, 1.82) is 0 Å². The Labute approximate surface area is 95.9 Å². The number of nitrogens with zero attached hydrogens (tertiary/aromatic N) is 1. The van der Waals surface area contributed by atoms with Crippen LogP contribution in [0.25, 0.3) is 0 Å². The predicted molar refractivity (Wildman–Crippen MR) is 64.2 cm³/mol. The average molecular weight is 221 g/mol. The van der Waals surface area contributed by atoms with Crippen LogP contribution in [0, 0.1) is 0 Å². The Morgan fingerprint density at radius 1 is 1.50 bits per heavy atom. The number of nitrogens with one attached hydrogen (secondary N) is 1. The lowest BCUT2D eigenvalue weighted by Gasteiger charge is -2.06. The number of hydrogen-bond donors (Lipinski definition) is 2. The van der Waals surface area contributed by atoms with Gasteiger partial charge in [-0.3, -0.25) is 4.99 Å². The minimum atomic E-state index is 0.404. The van der Waals surface area contributed by atoms with Crippen molar-refractivity contribution < 1.29 is 4.42 Å². The van der Waals surface area contributed by atoms with E-state index in [1.807, 2.05) is 12.1 Å². The van der Waals surface area contributed by atoms with Gasteiger partial charge in [-0.25, -0.2) is 5.84 Å². The van der Waals surface area contributed by atoms with Gasteiger partial charge in [0.2, 0.25) is 0 Å². The second-order valence-electron chi connectivity index (χ2n) is 4.18. The molecular formula is C12H19N3O. The van der Waals surface area contributed by atoms with Crippen molar-refractivity contribution >= 4 is 5.84 Å². The predicted octanol–water partition coefficient (Wildman–Crippen LogP) is 1.99. The molecule has 1 heterocycles. The number of nitrogens with two attached hydrogens (primary N) is 1. The van der Waals surface area contributed by atoms with Crippen LogP contribution in [0.4, 0.5) is 0 Å². The van der Waals surface area contributed by atoms with Gasteiger partial charge in [0, 0.05) is 6.42 Å². The molecule has 0 atom stereocenters. The highest BCUT2D eigenvalue weighted by atomic mass is 16.3. The second kappa shape index (κ2) is 5.16. The van der Waals surface area contributed by atoms with Crippen LogP contribution in [0.5, 0.6) is 0 Å². The highest BCUT2D eigenvalue weighted by Crippen LogP contribution is 2.21. The van der Waals surface area contributed by atoms with Crippen LogP contribution in [0.1, 0.15) is 44.1 Å². The van der Waals surface area contributed by atoms with E-state index in [4.69, 9.17) is 10.3 Å². The maximum absolute atomic E-state index is 5.62. The maximum Gasteiger partial charge on any atom is 0.179 e. The largest absolute Gasteiger partial charge is 0.458 e. The smallest absolute Gasteiger partial charge is 0.179 e. The Hall–Kier alpha value is -1.29. The third kappa shape index (κ3) is 2.44. The van der Waals surface area contributed by atoms with Gasteiger partial charge in [0.05, 0.1) is 6.04 Å². The summed E-state index contributed by atoms with van der Waals surface area (Å²) >= 11 is 0. The van der Waals surface area contributed by atoms with Gasteiger partial charge in [-0.1, -0.05) is 19.8 Å². The van der Waals surface area contributed by atoms with Crippen molar-refractivity contribution in [2.45, 2.75) is 45.1 Å². The van der Waals surface area contributed by atoms with E-state index >= 15 is 0 Å². The molecule has 3 N–H and O–H groups in total. The fourth-order valence-corrected chi connectivity index (χ4v) is 2.08. The molecule has 1 aliphatic rings. The number of hydrazine groups is 1. The Morgan fingerprint density at radius 3 is 2.81 bits per heavy atom. The molecule has 1 aromatic rings. The molecule has 1 saturated carbocycles. The summed E-state index contributed by atoms with van der Waals surface area (Å²) in [5, 5.41) is 0. The van der Waals surface area contributed by atoms with E-state index in [9.17, 15) is 0 Å². The molecule has 0 aromatic carbocycles. The summed E-state index contributed by atoms with van der Waals surface area (Å²) in [6.45, 7) is 2.06. The molecule has 0 bridgehead atoms. The number of rotatable bonds is 3. The molecule has 4 nitrogen and oxygen atoms in total. The normalized spacial score (nSPS) is 18.0. The molecule has 2 rings (SSSR count). The van der Waals surface area contributed by atoms with Crippen LogP contribution >= 0.6 is 0 Å². The van der Waals surface area contributed by atoms with Crippen molar-refractivity contribution in [2.24, 2.45) is 10.8 Å². The summed E-state index contributed by atoms with van der Waals surface area (Å²) in [4.78, 5) is 4.60. The van der Waals surface area contributed by atoms with Crippen molar-refractivity contribution in [3.8, 4) is 0 Å². The summed E-state index contributed by atoms with van der Waals surface area (Å²) in [5.41, 5.74) is 2.64. The molecule has 1 aromatic heterocycles. The summed E-state index contributed by atoms with van der Waals surface area (Å²) in [6, 6.07) is 4.30. The fraction of sp³-hybridized carbons (Fsp3) is 0.583. The Kier molecular flexibility index (Phi) is 3.62. The van der Waals surface area contributed by atoms with E-state index in [0.717, 1.165) is 30.8 Å². The first-order valence-electron chi connectivity index (χ1n) is 5.97. The average Bonchev–Trinajstić information content (AvgIpc) is 2.96. The topological polar surface area (TPSA) is 63.5 Å². The van der Waals surface area contributed by atoms with Crippen molar-refractivity contribution in [2.75, 3.05) is 0 Å². The minimum absolute atomic E-state index is 0.404. The Bertz CT molecular complexity index is 364. The Morgan fingerprint density at radius 2 is 2.25 bits per heavy atom. The van der Waals surface area contributed by atoms with Crippen LogP contribution in [0.2, 0.25) is 0 Å². The number of aliphatic imine (C=N–C) groups is 1. The van der Waals surface area contributed by atoms with Crippen LogP contribution < -0.4 is 11.3 Å². The zero-order chi connectivity index (χ0) is 11.4. The van der Waals surface area contributed by atoms with Crippen molar-refractivity contribution in [1.82, 2.24) is 5.43 Å². The first-order valence-corrected chi connectivity index (χ1v) is 5.97. The first-order chi connectivity index (χ1) is 7.83. The third-order valence-electron chi connectivity index (χ3n) is 3.02. The van der Waals surface area contributed by atoms with E-state index in [-0.39, 0.29) is 0 Å². The van der Waals surface area contributed by atoms with Crippen molar-refractivity contribution in [3.05, 3.63) is 23.7 Å². The molecule has 1 fully saturated rings. The second-order valence-corrected chi connectivity index (χ2v) is 4.18. The number of hydrogen-bond acceptors (Lipinski definition) is 3. The number of aryl methyl sites for hydroxylation is 1. The van der Waals surface area contributed by atoms with E-state index in [1.165, 1.54) is 12.8 Å². The van der Waals surface area contributed by atoms with E-state index in [2.05, 4.69) is 17.3 Å². The molecule has 0 saturated heterocycles. The van der Waals surface area contributed by atoms with E-state index < -0.39 is 0 Å². The van der Waals surface area contributed by atoms with Gasteiger partial charge >= 0.3 is 0 Å². The van der Waals surface area contributed by atoms with E-state index in [1.54, 1.807) is 0 Å². The first kappa shape index (κ1) is 11.2. The highest BCUT2D eigenvalue weighted by molar-refractivity contribution is 5.96. The van der Waals surface area contributed by atoms with Gasteiger partial charge < -0.3 is 9.84 Å². The quantitative estimate of drug-likeness (QED) is 0.355. The lowest BCUT2D eigenvalue weighted by molar-refractivity contribution is 0.504. The summed E-state index contributed by atoms with van der Waals surface area (Å²) in [6.07, 6.45) is 5.75. The van der Waals surface area contributed by atoms with Gasteiger partial charge in [0.1, 0.15) is 5.76 Å². The van der Waals surface area contributed by atoms with Gasteiger partial charge in [-0.15, -0.1) is 0 Å². The molecular weight excluding hydrogens is 202 g/mol. The van der Waals surface area contributed by atoms with Crippen LogP contribution in [0.15, 0.2) is 21.5 Å². The third-order valence-corrected chi connectivity index (χ3v) is 3.02. The van der Waals surface area contributed by atoms with Gasteiger partial charge in [-0.05, 0) is 25.0 Å². The van der Waals surface area contributed by atoms with Gasteiger partial charge in [-0.2, -0.15) is 0 Å². The lowest BCUT2D eigenvalue weighted by Crippen LogP contribution is -2.31. The standard InChI is InChI=1S/C12H19N3O/c1-2-10-7-8-11(16-10)12(15-13)14-9-5-3-4-6-9/h7-9H,2-6,13H2,1H3,(H,14,15). The lowest BCUT2D eigenvalue weighted by atomic mass is 10.2. The molecule has 0 spiro atoms. The summed E-state index contributed by atoms with van der Waals surface area (Å²) in [7, 11) is 0. The maximum atomic E-state index is 5.62. The summed E-state index contributed by atoms with van der Waals surface area (Å²) < 4.78 is 5.62. The van der Waals surface area contributed by atoms with E-state index in [0.29, 0.717) is 11.9 Å². The molecule has 4 heteroatoms. The van der Waals surface area contributed by atoms with Crippen molar-refractivity contribution in [3.63, 3.8) is 0 Å². The number of furan rings is 1. The minimum Gasteiger partial charge on any atom is -0.458 e. The number of amidine groups is 1. The molecule has 16 heavy (non-hydrogen) atoms. The zero-order valence-corrected chi connectivity index (χ0v) is 9.70. The molecule has 0 radical (unpaired) electrons. The molecule has 88 valence electrons. The van der Waals surface area contributed by atoms with Gasteiger partial charge in [0.15, 0.2) is 11.6 Å². The zero-order valence-electron chi connectivity index (χ0n) is 9.70. The fourth-order valence-electron chi connectivity index (χ4n) is 2.08. The molecule has 1 aliphatic carbocycles. The van der Waals surface area contributed by atoms with Crippen LogP contribution in [-0.4, -0.2) is 11.9 Å². The van der Waals surface area contributed by atoms with Gasteiger partial charge in [0.25, 0.3) is 0 Å². The monoisotopic (exact) mass is 221 g/mol. The Balaban J connectivity index is 2.14. The summed E-state index contributed by atoms with van der Waals surface area (Å²) in [5.74, 6) is 7.87. The SMILES string of the molecule is CCc1ccc(C(=NC2CCCC2)NN)o1.